The quantitative estimate of drug-likeness (QED) is 0.528. The van der Waals surface area contributed by atoms with Gasteiger partial charge in [0.25, 0.3) is 5.69 Å². The molecule has 24 heavy (non-hydrogen) atoms. The number of hydrogen-bond donors (Lipinski definition) is 1. The van der Waals surface area contributed by atoms with Crippen molar-refractivity contribution in [2.75, 3.05) is 12.4 Å². The molecule has 1 aliphatic heterocycles. The van der Waals surface area contributed by atoms with Crippen molar-refractivity contribution in [1.82, 2.24) is 4.98 Å². The van der Waals surface area contributed by atoms with Crippen LogP contribution in [0.3, 0.4) is 0 Å². The maximum atomic E-state index is 11.2. The van der Waals surface area contributed by atoms with E-state index in [1.807, 2.05) is 12.3 Å². The smallest absolute Gasteiger partial charge is 0.273 e. The van der Waals surface area contributed by atoms with Gasteiger partial charge in [-0.1, -0.05) is 18.2 Å². The van der Waals surface area contributed by atoms with Gasteiger partial charge in [0.2, 0.25) is 0 Å². The molecule has 1 N–H and O–H groups in total. The number of benzene rings is 1. The Morgan fingerprint density at radius 3 is 3.00 bits per heavy atom. The Morgan fingerprint density at radius 1 is 1.42 bits per heavy atom. The van der Waals surface area contributed by atoms with Crippen molar-refractivity contribution >= 4 is 11.4 Å². The summed E-state index contributed by atoms with van der Waals surface area (Å²) in [6.07, 6.45) is 8.86. The first-order valence-electron chi connectivity index (χ1n) is 7.88. The molecule has 2 heterocycles. The molecular weight excluding hydrogens is 306 g/mol. The number of allylic oxidation sites excluding steroid dienone is 2. The highest BCUT2D eigenvalue weighted by molar-refractivity contribution is 5.71. The summed E-state index contributed by atoms with van der Waals surface area (Å²) in [5, 5.41) is 14.8. The molecule has 1 aliphatic carbocycles. The van der Waals surface area contributed by atoms with Gasteiger partial charge >= 0.3 is 0 Å². The molecule has 2 aliphatic rings. The Balaban J connectivity index is 1.86. The average Bonchev–Trinajstić information content (AvgIpc) is 3.10. The third-order valence-electron chi connectivity index (χ3n) is 4.89. The van der Waals surface area contributed by atoms with Gasteiger partial charge < -0.3 is 10.1 Å². The number of anilines is 1. The molecule has 3 atom stereocenters. The molecular formula is C18H17N3O3. The number of nitrogens with one attached hydrogen (secondary N) is 1. The lowest BCUT2D eigenvalue weighted by molar-refractivity contribution is -0.385. The zero-order valence-corrected chi connectivity index (χ0v) is 13.2. The lowest BCUT2D eigenvalue weighted by Crippen LogP contribution is -2.29. The van der Waals surface area contributed by atoms with Crippen LogP contribution < -0.4 is 10.1 Å². The summed E-state index contributed by atoms with van der Waals surface area (Å²) in [5.41, 5.74) is 2.94. The van der Waals surface area contributed by atoms with Crippen LogP contribution in [0.2, 0.25) is 0 Å². The van der Waals surface area contributed by atoms with Crippen molar-refractivity contribution in [3.05, 3.63) is 70.1 Å². The molecule has 122 valence electrons. The summed E-state index contributed by atoms with van der Waals surface area (Å²) in [6, 6.07) is 7.23. The number of rotatable bonds is 3. The third-order valence-corrected chi connectivity index (χ3v) is 4.89. The average molecular weight is 323 g/mol. The predicted molar refractivity (Wildman–Crippen MR) is 90.2 cm³/mol. The molecule has 0 spiro atoms. The van der Waals surface area contributed by atoms with Crippen molar-refractivity contribution in [2.45, 2.75) is 18.4 Å². The van der Waals surface area contributed by atoms with Crippen LogP contribution in [0.1, 0.15) is 29.5 Å². The summed E-state index contributed by atoms with van der Waals surface area (Å²) in [6.45, 7) is 0. The van der Waals surface area contributed by atoms with E-state index in [1.165, 1.54) is 13.2 Å². The van der Waals surface area contributed by atoms with Gasteiger partial charge in [-0.3, -0.25) is 15.1 Å². The van der Waals surface area contributed by atoms with Crippen LogP contribution in [0.25, 0.3) is 0 Å². The lowest BCUT2D eigenvalue weighted by atomic mass is 9.77. The van der Waals surface area contributed by atoms with Gasteiger partial charge in [0.15, 0.2) is 0 Å². The van der Waals surface area contributed by atoms with Crippen molar-refractivity contribution in [2.24, 2.45) is 5.92 Å². The Morgan fingerprint density at radius 2 is 2.29 bits per heavy atom. The zero-order chi connectivity index (χ0) is 16.7. The minimum absolute atomic E-state index is 0.0614. The fraction of sp³-hybridized carbons (Fsp3) is 0.278. The molecule has 6 heteroatoms. The number of aromatic nitrogens is 1. The largest absolute Gasteiger partial charge is 0.494 e. The minimum Gasteiger partial charge on any atom is -0.494 e. The number of fused-ring (bicyclic) bond motifs is 3. The summed E-state index contributed by atoms with van der Waals surface area (Å²) in [4.78, 5) is 15.1. The topological polar surface area (TPSA) is 77.3 Å². The number of methoxy groups -OCH3 is 1. The Bertz CT molecular complexity index is 820. The van der Waals surface area contributed by atoms with Gasteiger partial charge in [-0.05, 0) is 29.5 Å². The number of nitrogens with zero attached hydrogens (tertiary/aromatic N) is 2. The van der Waals surface area contributed by atoms with Gasteiger partial charge in [0, 0.05) is 24.4 Å². The summed E-state index contributed by atoms with van der Waals surface area (Å²) < 4.78 is 5.43. The van der Waals surface area contributed by atoms with Gasteiger partial charge in [0.05, 0.1) is 29.8 Å². The summed E-state index contributed by atoms with van der Waals surface area (Å²) in [7, 11) is 1.54. The van der Waals surface area contributed by atoms with Gasteiger partial charge in [0.1, 0.15) is 5.75 Å². The van der Waals surface area contributed by atoms with E-state index >= 15 is 0 Å². The molecule has 0 saturated carbocycles. The fourth-order valence-corrected chi connectivity index (χ4v) is 3.81. The standard InChI is InChI=1S/C18H17N3O3/c1-24-16-9-12(21(22)23)8-15-13-5-2-6-14(13)17(20-18(15)16)11-4-3-7-19-10-11/h2-5,7-10,13-14,17,20H,6H2,1H3/t13-,14+,17-/m1/s1. The maximum absolute atomic E-state index is 11.2. The first-order valence-corrected chi connectivity index (χ1v) is 7.88. The molecule has 0 radical (unpaired) electrons. The normalized spacial score (nSPS) is 24.0. The van der Waals surface area contributed by atoms with E-state index in [0.717, 1.165) is 23.2 Å². The second kappa shape index (κ2) is 5.63. The van der Waals surface area contributed by atoms with E-state index in [1.54, 1.807) is 12.3 Å². The maximum Gasteiger partial charge on any atom is 0.273 e. The van der Waals surface area contributed by atoms with Crippen molar-refractivity contribution in [3.8, 4) is 5.75 Å². The first-order chi connectivity index (χ1) is 11.7. The van der Waals surface area contributed by atoms with Gasteiger partial charge in [-0.15, -0.1) is 0 Å². The molecule has 1 aromatic carbocycles. The Hall–Kier alpha value is -2.89. The molecule has 1 aromatic heterocycles. The van der Waals surface area contributed by atoms with Crippen LogP contribution >= 0.6 is 0 Å². The van der Waals surface area contributed by atoms with Crippen molar-refractivity contribution < 1.29 is 9.66 Å². The predicted octanol–water partition coefficient (Wildman–Crippen LogP) is 3.82. The van der Waals surface area contributed by atoms with Crippen molar-refractivity contribution in [3.63, 3.8) is 0 Å². The van der Waals surface area contributed by atoms with Crippen molar-refractivity contribution in [1.29, 1.82) is 0 Å². The van der Waals surface area contributed by atoms with Gasteiger partial charge in [-0.2, -0.15) is 0 Å². The van der Waals surface area contributed by atoms with E-state index in [4.69, 9.17) is 4.74 Å². The first kappa shape index (κ1) is 14.7. The van der Waals surface area contributed by atoms with Crippen LogP contribution in [0.4, 0.5) is 11.4 Å². The molecule has 4 rings (SSSR count). The number of nitro benzene ring substituents is 1. The molecule has 0 unspecified atom stereocenters. The number of hydrogen-bond acceptors (Lipinski definition) is 5. The zero-order valence-electron chi connectivity index (χ0n) is 13.2. The molecule has 0 amide bonds. The van der Waals surface area contributed by atoms with E-state index < -0.39 is 0 Å². The minimum atomic E-state index is -0.371. The monoisotopic (exact) mass is 323 g/mol. The third kappa shape index (κ3) is 2.22. The molecule has 0 bridgehead atoms. The van der Waals surface area contributed by atoms with E-state index in [9.17, 15) is 10.1 Å². The molecule has 0 fully saturated rings. The molecule has 6 nitrogen and oxygen atoms in total. The second-order valence-corrected chi connectivity index (χ2v) is 6.13. The van der Waals surface area contributed by atoms with Crippen LogP contribution in [0.15, 0.2) is 48.8 Å². The van der Waals surface area contributed by atoms with Crippen LogP contribution in [0.5, 0.6) is 5.75 Å². The Kier molecular flexibility index (Phi) is 3.45. The van der Waals surface area contributed by atoms with Gasteiger partial charge in [-0.25, -0.2) is 0 Å². The SMILES string of the molecule is COc1cc([N+](=O)[O-])cc2c1N[C@H](c1cccnc1)[C@H]1CC=C[C@@H]21. The summed E-state index contributed by atoms with van der Waals surface area (Å²) >= 11 is 0. The number of non-ortho nitro benzene ring substituents is 1. The molecule has 2 aromatic rings. The van der Waals surface area contributed by atoms with Crippen LogP contribution in [-0.2, 0) is 0 Å². The van der Waals surface area contributed by atoms with Crippen LogP contribution in [-0.4, -0.2) is 17.0 Å². The number of pyridine rings is 1. The second-order valence-electron chi connectivity index (χ2n) is 6.13. The van der Waals surface area contributed by atoms with Crippen LogP contribution in [0, 0.1) is 16.0 Å². The molecule has 0 saturated heterocycles. The van der Waals surface area contributed by atoms with E-state index in [2.05, 4.69) is 28.5 Å². The number of ether oxygens (including phenoxy) is 1. The summed E-state index contributed by atoms with van der Waals surface area (Å²) in [5.74, 6) is 0.959. The fourth-order valence-electron chi connectivity index (χ4n) is 3.81. The highest BCUT2D eigenvalue weighted by Crippen LogP contribution is 2.53. The number of nitro groups is 1. The highest BCUT2D eigenvalue weighted by Gasteiger charge is 2.40. The van der Waals surface area contributed by atoms with E-state index in [0.29, 0.717) is 11.7 Å². The Labute approximate surface area is 139 Å². The van der Waals surface area contributed by atoms with E-state index in [-0.39, 0.29) is 22.6 Å². The highest BCUT2D eigenvalue weighted by atomic mass is 16.6. The lowest BCUT2D eigenvalue weighted by Gasteiger charge is -2.37.